The van der Waals surface area contributed by atoms with Gasteiger partial charge in [0.1, 0.15) is 0 Å². The van der Waals surface area contributed by atoms with Gasteiger partial charge in [0.2, 0.25) is 0 Å². The summed E-state index contributed by atoms with van der Waals surface area (Å²) in [5, 5.41) is 0. The third kappa shape index (κ3) is 4.79. The molecule has 1 saturated carbocycles. The highest BCUT2D eigenvalue weighted by atomic mass is 15.3. The Bertz CT molecular complexity index is 488. The highest BCUT2D eigenvalue weighted by molar-refractivity contribution is 5.00. The van der Waals surface area contributed by atoms with Gasteiger partial charge >= 0.3 is 0 Å². The summed E-state index contributed by atoms with van der Waals surface area (Å²) in [6.07, 6.45) is 11.7. The molecule has 1 aliphatic carbocycles. The normalized spacial score (nSPS) is 30.0. The molecule has 3 aliphatic heterocycles. The van der Waals surface area contributed by atoms with Crippen molar-refractivity contribution in [2.45, 2.75) is 111 Å². The molecule has 2 atom stereocenters. The highest BCUT2D eigenvalue weighted by Gasteiger charge is 2.47. The van der Waals surface area contributed by atoms with E-state index >= 15 is 0 Å². The molecular formula is C27H51N3. The fraction of sp³-hybridized carbons (Fsp3) is 1.00. The summed E-state index contributed by atoms with van der Waals surface area (Å²) >= 11 is 0. The van der Waals surface area contributed by atoms with Crippen LogP contribution in [0, 0.1) is 22.7 Å². The summed E-state index contributed by atoms with van der Waals surface area (Å²) in [5.74, 6) is 1.92. The summed E-state index contributed by atoms with van der Waals surface area (Å²) in [6, 6.07) is 2.27. The van der Waals surface area contributed by atoms with Crippen LogP contribution >= 0.6 is 0 Å². The second kappa shape index (κ2) is 9.02. The van der Waals surface area contributed by atoms with Gasteiger partial charge in [-0.05, 0) is 122 Å². The number of nitrogens with zero attached hydrogens (tertiary/aromatic N) is 3. The van der Waals surface area contributed by atoms with Crippen molar-refractivity contribution in [2.24, 2.45) is 22.7 Å². The number of hydrogen-bond donors (Lipinski definition) is 0. The van der Waals surface area contributed by atoms with Crippen molar-refractivity contribution >= 4 is 0 Å². The molecule has 3 heterocycles. The Morgan fingerprint density at radius 3 is 1.57 bits per heavy atom. The lowest BCUT2D eigenvalue weighted by molar-refractivity contribution is -0.0686. The molecule has 0 aromatic heterocycles. The summed E-state index contributed by atoms with van der Waals surface area (Å²) < 4.78 is 0. The highest BCUT2D eigenvalue weighted by Crippen LogP contribution is 2.48. The largest absolute Gasteiger partial charge is 0.301 e. The van der Waals surface area contributed by atoms with Gasteiger partial charge in [0, 0.05) is 44.3 Å². The van der Waals surface area contributed by atoms with Gasteiger partial charge < -0.3 is 4.90 Å². The molecule has 174 valence electrons. The van der Waals surface area contributed by atoms with Crippen LogP contribution in [0.1, 0.15) is 92.9 Å². The number of likely N-dealkylation sites (tertiary alicyclic amines) is 3. The summed E-state index contributed by atoms with van der Waals surface area (Å²) in [6.45, 7) is 22.7. The number of rotatable bonds is 7. The third-order valence-electron chi connectivity index (χ3n) is 10.0. The van der Waals surface area contributed by atoms with Gasteiger partial charge in [0.25, 0.3) is 0 Å². The SMILES string of the molecule is CC(CCC(C)N1CCC2(CC1)CN(C(C)C)C2)C1CCC2(CC1)CN(C(C)C)C2. The molecule has 3 nitrogen and oxygen atoms in total. The maximum atomic E-state index is 2.82. The van der Waals surface area contributed by atoms with Gasteiger partial charge in [-0.25, -0.2) is 0 Å². The molecule has 0 N–H and O–H groups in total. The van der Waals surface area contributed by atoms with Crippen LogP contribution in [0.25, 0.3) is 0 Å². The maximum absolute atomic E-state index is 2.82. The first kappa shape index (κ1) is 23.1. The van der Waals surface area contributed by atoms with E-state index in [1.165, 1.54) is 90.6 Å². The molecule has 0 aromatic carbocycles. The molecule has 4 rings (SSSR count). The van der Waals surface area contributed by atoms with E-state index in [4.69, 9.17) is 0 Å². The average Bonchev–Trinajstić information content (AvgIpc) is 2.68. The zero-order valence-corrected chi connectivity index (χ0v) is 21.1. The van der Waals surface area contributed by atoms with Crippen LogP contribution in [0.5, 0.6) is 0 Å². The van der Waals surface area contributed by atoms with E-state index in [2.05, 4.69) is 56.2 Å². The van der Waals surface area contributed by atoms with Gasteiger partial charge in [-0.15, -0.1) is 0 Å². The minimum absolute atomic E-state index is 0.679. The predicted octanol–water partition coefficient (Wildman–Crippen LogP) is 5.50. The fourth-order valence-electron chi connectivity index (χ4n) is 7.18. The van der Waals surface area contributed by atoms with Crippen LogP contribution in [0.4, 0.5) is 0 Å². The van der Waals surface area contributed by atoms with E-state index in [1.807, 2.05) is 0 Å². The van der Waals surface area contributed by atoms with Crippen LogP contribution in [0.2, 0.25) is 0 Å². The number of hydrogen-bond acceptors (Lipinski definition) is 3. The molecule has 4 fully saturated rings. The van der Waals surface area contributed by atoms with Crippen LogP contribution in [-0.2, 0) is 0 Å². The fourth-order valence-corrected chi connectivity index (χ4v) is 7.18. The smallest absolute Gasteiger partial charge is 0.00670 e. The van der Waals surface area contributed by atoms with Crippen molar-refractivity contribution in [1.29, 1.82) is 0 Å². The van der Waals surface area contributed by atoms with E-state index in [0.29, 0.717) is 10.8 Å². The number of piperidine rings is 1. The van der Waals surface area contributed by atoms with E-state index in [1.54, 1.807) is 0 Å². The molecule has 2 spiro atoms. The molecule has 0 aromatic rings. The molecule has 3 heteroatoms. The lowest BCUT2D eigenvalue weighted by Crippen LogP contribution is -2.62. The van der Waals surface area contributed by atoms with Crippen molar-refractivity contribution in [3.05, 3.63) is 0 Å². The van der Waals surface area contributed by atoms with Crippen LogP contribution < -0.4 is 0 Å². The lowest BCUT2D eigenvalue weighted by atomic mass is 9.63. The summed E-state index contributed by atoms with van der Waals surface area (Å²) in [7, 11) is 0. The van der Waals surface area contributed by atoms with E-state index in [0.717, 1.165) is 30.0 Å². The second-order valence-electron chi connectivity index (χ2n) is 12.8. The first-order valence-electron chi connectivity index (χ1n) is 13.4. The minimum atomic E-state index is 0.679. The molecular weight excluding hydrogens is 366 g/mol. The van der Waals surface area contributed by atoms with E-state index in [9.17, 15) is 0 Å². The van der Waals surface area contributed by atoms with Gasteiger partial charge in [-0.2, -0.15) is 0 Å². The average molecular weight is 418 g/mol. The van der Waals surface area contributed by atoms with Gasteiger partial charge in [-0.3, -0.25) is 9.80 Å². The Hall–Kier alpha value is -0.120. The minimum Gasteiger partial charge on any atom is -0.301 e. The monoisotopic (exact) mass is 417 g/mol. The third-order valence-corrected chi connectivity index (χ3v) is 10.0. The standard InChI is InChI=1S/C27H51N3/c1-21(2)29-17-26(18-29)11-9-25(10-12-26)23(5)7-8-24(6)28-15-13-27(14-16-28)19-30(20-27)22(3)4/h21-25H,7-20H2,1-6H3. The predicted molar refractivity (Wildman–Crippen MR) is 129 cm³/mol. The van der Waals surface area contributed by atoms with Crippen LogP contribution in [0.15, 0.2) is 0 Å². The van der Waals surface area contributed by atoms with Crippen LogP contribution in [0.3, 0.4) is 0 Å². The Balaban J connectivity index is 1.13. The quantitative estimate of drug-likeness (QED) is 0.542. The van der Waals surface area contributed by atoms with Crippen LogP contribution in [-0.4, -0.2) is 72.1 Å². The van der Waals surface area contributed by atoms with E-state index < -0.39 is 0 Å². The zero-order valence-electron chi connectivity index (χ0n) is 21.1. The molecule has 0 amide bonds. The van der Waals surface area contributed by atoms with Gasteiger partial charge in [-0.1, -0.05) is 6.92 Å². The first-order chi connectivity index (χ1) is 14.2. The Morgan fingerprint density at radius 1 is 0.633 bits per heavy atom. The van der Waals surface area contributed by atoms with Crippen molar-refractivity contribution in [3.63, 3.8) is 0 Å². The van der Waals surface area contributed by atoms with Gasteiger partial charge in [0.05, 0.1) is 0 Å². The summed E-state index contributed by atoms with van der Waals surface area (Å²) in [5.41, 5.74) is 1.39. The lowest BCUT2D eigenvalue weighted by Gasteiger charge is -2.56. The second-order valence-corrected chi connectivity index (χ2v) is 12.8. The molecule has 2 unspecified atom stereocenters. The van der Waals surface area contributed by atoms with Crippen molar-refractivity contribution in [1.82, 2.24) is 14.7 Å². The van der Waals surface area contributed by atoms with E-state index in [-0.39, 0.29) is 0 Å². The first-order valence-corrected chi connectivity index (χ1v) is 13.4. The molecule has 0 radical (unpaired) electrons. The topological polar surface area (TPSA) is 9.72 Å². The molecule has 3 saturated heterocycles. The molecule has 30 heavy (non-hydrogen) atoms. The van der Waals surface area contributed by atoms with Crippen molar-refractivity contribution < 1.29 is 0 Å². The van der Waals surface area contributed by atoms with Gasteiger partial charge in [0.15, 0.2) is 0 Å². The van der Waals surface area contributed by atoms with Crippen molar-refractivity contribution in [2.75, 3.05) is 39.3 Å². The van der Waals surface area contributed by atoms with Crippen molar-refractivity contribution in [3.8, 4) is 0 Å². The zero-order chi connectivity index (χ0) is 21.5. The Kier molecular flexibility index (Phi) is 6.93. The Labute approximate surface area is 187 Å². The molecule has 4 aliphatic rings. The summed E-state index contributed by atoms with van der Waals surface area (Å²) in [4.78, 5) is 8.16. The Morgan fingerprint density at radius 2 is 1.10 bits per heavy atom. The maximum Gasteiger partial charge on any atom is 0.00670 e. The molecule has 0 bridgehead atoms.